The van der Waals surface area contributed by atoms with Gasteiger partial charge in [-0.1, -0.05) is 13.8 Å². The number of carbonyl (C=O) groups excluding carboxylic acids is 1. The molecule has 18 heavy (non-hydrogen) atoms. The van der Waals surface area contributed by atoms with Crippen molar-refractivity contribution in [3.63, 3.8) is 0 Å². The number of thiazole rings is 1. The molecule has 1 aromatic heterocycles. The molecule has 1 rings (SSSR count). The second kappa shape index (κ2) is 6.46. The summed E-state index contributed by atoms with van der Waals surface area (Å²) >= 11 is 1.31. The Bertz CT molecular complexity index is 431. The van der Waals surface area contributed by atoms with Gasteiger partial charge in [0, 0.05) is 18.5 Å². The van der Waals surface area contributed by atoms with E-state index in [9.17, 15) is 9.59 Å². The van der Waals surface area contributed by atoms with Crippen molar-refractivity contribution in [2.75, 3.05) is 6.54 Å². The number of aliphatic carboxylic acids is 1. The zero-order chi connectivity index (χ0) is 13.7. The molecule has 100 valence electrons. The first-order valence-corrected chi connectivity index (χ1v) is 6.49. The molecular weight excluding hydrogens is 254 g/mol. The number of amides is 1. The fraction of sp³-hybridized carbons (Fsp3) is 0.545. The highest BCUT2D eigenvalue weighted by atomic mass is 32.1. The van der Waals surface area contributed by atoms with E-state index in [4.69, 9.17) is 10.8 Å². The lowest BCUT2D eigenvalue weighted by Crippen LogP contribution is -2.35. The molecule has 0 aliphatic carbocycles. The smallest absolute Gasteiger partial charge is 0.308 e. The van der Waals surface area contributed by atoms with Crippen LogP contribution >= 0.6 is 11.3 Å². The van der Waals surface area contributed by atoms with Crippen molar-refractivity contribution in [1.82, 2.24) is 10.3 Å². The van der Waals surface area contributed by atoms with Crippen LogP contribution in [0.2, 0.25) is 0 Å². The van der Waals surface area contributed by atoms with E-state index in [0.29, 0.717) is 11.6 Å². The molecule has 0 saturated carbocycles. The standard InChI is InChI=1S/C11H17N3O3S/c1-6(2)7(11(16)17)4-13-10(15)8-5-18-9(3-12)14-8/h5-7H,3-4,12H2,1-2H3,(H,13,15)(H,16,17). The largest absolute Gasteiger partial charge is 0.481 e. The van der Waals surface area contributed by atoms with Crippen LogP contribution in [0.15, 0.2) is 5.38 Å². The van der Waals surface area contributed by atoms with Crippen LogP contribution in [0.5, 0.6) is 0 Å². The molecule has 6 nitrogen and oxygen atoms in total. The molecule has 0 aliphatic heterocycles. The average molecular weight is 271 g/mol. The third kappa shape index (κ3) is 3.78. The third-order valence-corrected chi connectivity index (χ3v) is 3.43. The Kier molecular flexibility index (Phi) is 5.24. The van der Waals surface area contributed by atoms with Gasteiger partial charge in [-0.3, -0.25) is 9.59 Å². The summed E-state index contributed by atoms with van der Waals surface area (Å²) in [5.41, 5.74) is 5.69. The number of carboxylic acids is 1. The van der Waals surface area contributed by atoms with Gasteiger partial charge in [0.15, 0.2) is 0 Å². The van der Waals surface area contributed by atoms with Crippen molar-refractivity contribution >= 4 is 23.2 Å². The van der Waals surface area contributed by atoms with Crippen molar-refractivity contribution in [3.8, 4) is 0 Å². The van der Waals surface area contributed by atoms with E-state index in [1.807, 2.05) is 0 Å². The quantitative estimate of drug-likeness (QED) is 0.706. The first-order valence-electron chi connectivity index (χ1n) is 5.61. The summed E-state index contributed by atoms with van der Waals surface area (Å²) in [6.07, 6.45) is 0. The summed E-state index contributed by atoms with van der Waals surface area (Å²) in [4.78, 5) is 26.7. The molecule has 1 aromatic rings. The fourth-order valence-corrected chi connectivity index (χ4v) is 2.07. The van der Waals surface area contributed by atoms with Gasteiger partial charge in [0.05, 0.1) is 5.92 Å². The van der Waals surface area contributed by atoms with E-state index in [1.54, 1.807) is 19.2 Å². The highest BCUT2D eigenvalue weighted by Gasteiger charge is 2.22. The van der Waals surface area contributed by atoms with Crippen molar-refractivity contribution in [2.45, 2.75) is 20.4 Å². The predicted molar refractivity (Wildman–Crippen MR) is 68.3 cm³/mol. The SMILES string of the molecule is CC(C)C(CNC(=O)c1csc(CN)n1)C(=O)O. The number of hydrogen-bond donors (Lipinski definition) is 3. The van der Waals surface area contributed by atoms with Gasteiger partial charge in [-0.15, -0.1) is 11.3 Å². The summed E-state index contributed by atoms with van der Waals surface area (Å²) in [6, 6.07) is 0. The van der Waals surface area contributed by atoms with Crippen molar-refractivity contribution in [1.29, 1.82) is 0 Å². The van der Waals surface area contributed by atoms with Crippen LogP contribution < -0.4 is 11.1 Å². The van der Waals surface area contributed by atoms with Crippen molar-refractivity contribution < 1.29 is 14.7 Å². The molecule has 0 bridgehead atoms. The Morgan fingerprint density at radius 3 is 2.67 bits per heavy atom. The Hall–Kier alpha value is -1.47. The zero-order valence-corrected chi connectivity index (χ0v) is 11.2. The zero-order valence-electron chi connectivity index (χ0n) is 10.3. The van der Waals surface area contributed by atoms with Gasteiger partial charge in [0.2, 0.25) is 0 Å². The molecule has 1 unspecified atom stereocenters. The molecule has 0 spiro atoms. The Labute approximate surface area is 109 Å². The molecule has 1 atom stereocenters. The number of nitrogens with one attached hydrogen (secondary N) is 1. The van der Waals surface area contributed by atoms with Gasteiger partial charge in [-0.05, 0) is 5.92 Å². The van der Waals surface area contributed by atoms with Gasteiger partial charge in [0.25, 0.3) is 5.91 Å². The lowest BCUT2D eigenvalue weighted by atomic mass is 9.96. The van der Waals surface area contributed by atoms with E-state index in [1.165, 1.54) is 11.3 Å². The number of nitrogens with zero attached hydrogens (tertiary/aromatic N) is 1. The monoisotopic (exact) mass is 271 g/mol. The molecule has 4 N–H and O–H groups in total. The Morgan fingerprint density at radius 1 is 1.56 bits per heavy atom. The third-order valence-electron chi connectivity index (χ3n) is 2.56. The van der Waals surface area contributed by atoms with Crippen LogP contribution in [0.25, 0.3) is 0 Å². The summed E-state index contributed by atoms with van der Waals surface area (Å²) in [5.74, 6) is -1.91. The van der Waals surface area contributed by atoms with Gasteiger partial charge in [-0.25, -0.2) is 4.98 Å². The molecular formula is C11H17N3O3S. The van der Waals surface area contributed by atoms with Crippen LogP contribution in [0.1, 0.15) is 29.3 Å². The van der Waals surface area contributed by atoms with E-state index in [0.717, 1.165) is 0 Å². The number of rotatable bonds is 6. The van der Waals surface area contributed by atoms with E-state index in [-0.39, 0.29) is 24.1 Å². The molecule has 1 amide bonds. The molecule has 0 radical (unpaired) electrons. The Balaban J connectivity index is 2.57. The Morgan fingerprint density at radius 2 is 2.22 bits per heavy atom. The number of carboxylic acid groups (broad SMARTS) is 1. The topological polar surface area (TPSA) is 105 Å². The maximum atomic E-state index is 11.7. The van der Waals surface area contributed by atoms with Gasteiger partial charge >= 0.3 is 5.97 Å². The number of nitrogens with two attached hydrogens (primary N) is 1. The average Bonchev–Trinajstić information content (AvgIpc) is 2.76. The molecule has 0 aromatic carbocycles. The molecule has 1 heterocycles. The van der Waals surface area contributed by atoms with Crippen LogP contribution in [-0.2, 0) is 11.3 Å². The summed E-state index contributed by atoms with van der Waals surface area (Å²) in [6.45, 7) is 4.00. The maximum Gasteiger partial charge on any atom is 0.308 e. The minimum Gasteiger partial charge on any atom is -0.481 e. The summed E-state index contributed by atoms with van der Waals surface area (Å²) < 4.78 is 0. The van der Waals surface area contributed by atoms with Gasteiger partial charge in [0.1, 0.15) is 10.7 Å². The first kappa shape index (κ1) is 14.6. The number of hydrogen-bond acceptors (Lipinski definition) is 5. The fourth-order valence-electron chi connectivity index (χ4n) is 1.41. The van der Waals surface area contributed by atoms with Crippen LogP contribution in [0.3, 0.4) is 0 Å². The van der Waals surface area contributed by atoms with Crippen LogP contribution in [-0.4, -0.2) is 28.5 Å². The lowest BCUT2D eigenvalue weighted by Gasteiger charge is -2.16. The van der Waals surface area contributed by atoms with E-state index < -0.39 is 11.9 Å². The van der Waals surface area contributed by atoms with E-state index in [2.05, 4.69) is 10.3 Å². The van der Waals surface area contributed by atoms with Gasteiger partial charge < -0.3 is 16.2 Å². The maximum absolute atomic E-state index is 11.7. The molecule has 0 fully saturated rings. The predicted octanol–water partition coefficient (Wildman–Crippen LogP) is 0.688. The molecule has 7 heteroatoms. The molecule has 0 aliphatic rings. The lowest BCUT2D eigenvalue weighted by molar-refractivity contribution is -0.142. The highest BCUT2D eigenvalue weighted by Crippen LogP contribution is 2.11. The highest BCUT2D eigenvalue weighted by molar-refractivity contribution is 7.09. The van der Waals surface area contributed by atoms with Crippen LogP contribution in [0, 0.1) is 11.8 Å². The van der Waals surface area contributed by atoms with Crippen molar-refractivity contribution in [3.05, 3.63) is 16.1 Å². The number of carbonyl (C=O) groups is 2. The summed E-state index contributed by atoms with van der Waals surface area (Å²) in [5, 5.41) is 13.9. The second-order valence-electron chi connectivity index (χ2n) is 4.23. The summed E-state index contributed by atoms with van der Waals surface area (Å²) in [7, 11) is 0. The number of aromatic nitrogens is 1. The van der Waals surface area contributed by atoms with Crippen molar-refractivity contribution in [2.24, 2.45) is 17.6 Å². The second-order valence-corrected chi connectivity index (χ2v) is 5.17. The minimum atomic E-state index is -0.911. The van der Waals surface area contributed by atoms with Crippen LogP contribution in [0.4, 0.5) is 0 Å². The van der Waals surface area contributed by atoms with E-state index >= 15 is 0 Å². The minimum absolute atomic E-state index is 0.0437. The molecule has 0 saturated heterocycles. The van der Waals surface area contributed by atoms with Gasteiger partial charge in [-0.2, -0.15) is 0 Å². The first-order chi connectivity index (χ1) is 8.45. The normalized spacial score (nSPS) is 12.4.